The van der Waals surface area contributed by atoms with Crippen molar-refractivity contribution >= 4 is 23.6 Å². The highest BCUT2D eigenvalue weighted by atomic mass is 35.5. The fraction of sp³-hybridized carbons (Fsp3) is 0.211. The van der Waals surface area contributed by atoms with Crippen LogP contribution in [0.4, 0.5) is 4.39 Å². The smallest absolute Gasteiger partial charge is 0.246 e. The van der Waals surface area contributed by atoms with E-state index in [1.165, 1.54) is 23.1 Å². The van der Waals surface area contributed by atoms with Crippen molar-refractivity contribution in [3.05, 3.63) is 70.0 Å². The quantitative estimate of drug-likeness (QED) is 0.772. The van der Waals surface area contributed by atoms with Crippen LogP contribution in [0, 0.1) is 5.82 Å². The number of halogens is 2. The first-order valence-electron chi connectivity index (χ1n) is 7.74. The molecule has 0 atom stereocenters. The van der Waals surface area contributed by atoms with E-state index in [1.54, 1.807) is 19.2 Å². The van der Waals surface area contributed by atoms with E-state index in [4.69, 9.17) is 21.1 Å². The molecule has 0 aliphatic carbocycles. The van der Waals surface area contributed by atoms with E-state index < -0.39 is 0 Å². The summed E-state index contributed by atoms with van der Waals surface area (Å²) in [6.07, 6.45) is 3.10. The number of rotatable bonds is 4. The molecule has 0 N–H and O–H groups in total. The average Bonchev–Trinajstić information content (AvgIpc) is 2.60. The minimum Gasteiger partial charge on any atom is -0.467 e. The number of likely N-dealkylation sites (N-methyl/N-ethyl adjacent to an activating group) is 1. The molecule has 4 nitrogen and oxygen atoms in total. The van der Waals surface area contributed by atoms with Crippen molar-refractivity contribution < 1.29 is 18.7 Å². The van der Waals surface area contributed by atoms with Crippen LogP contribution < -0.4 is 4.74 Å². The summed E-state index contributed by atoms with van der Waals surface area (Å²) in [5.74, 6) is -0.0114. The van der Waals surface area contributed by atoms with Crippen molar-refractivity contribution in [2.24, 2.45) is 0 Å². The van der Waals surface area contributed by atoms with E-state index in [9.17, 15) is 9.18 Å². The Balaban J connectivity index is 1.74. The minimum atomic E-state index is -0.379. The van der Waals surface area contributed by atoms with E-state index >= 15 is 0 Å². The number of fused-ring (bicyclic) bond motifs is 1. The molecule has 0 bridgehead atoms. The molecule has 25 heavy (non-hydrogen) atoms. The van der Waals surface area contributed by atoms with E-state index in [0.717, 1.165) is 5.56 Å². The van der Waals surface area contributed by atoms with Gasteiger partial charge in [-0.1, -0.05) is 29.8 Å². The van der Waals surface area contributed by atoms with Crippen LogP contribution in [0.3, 0.4) is 0 Å². The van der Waals surface area contributed by atoms with Crippen LogP contribution in [0.15, 0.2) is 42.5 Å². The first-order chi connectivity index (χ1) is 12.0. The monoisotopic (exact) mass is 361 g/mol. The van der Waals surface area contributed by atoms with Crippen LogP contribution in [-0.2, 0) is 22.7 Å². The Bertz CT molecular complexity index is 822. The summed E-state index contributed by atoms with van der Waals surface area (Å²) in [5.41, 5.74) is 2.02. The average molecular weight is 362 g/mol. The standard InChI is InChI=1S/C19H17ClFNO3/c1-22(18(23)7-6-13-4-2-3-5-17(13)20)10-14-8-16(21)9-15-11-24-12-25-19(14)15/h2-9H,10-12H2,1H3. The zero-order chi connectivity index (χ0) is 17.8. The van der Waals surface area contributed by atoms with Gasteiger partial charge in [-0.2, -0.15) is 0 Å². The van der Waals surface area contributed by atoms with Crippen molar-refractivity contribution in [1.29, 1.82) is 0 Å². The third kappa shape index (κ3) is 4.18. The molecule has 1 aliphatic rings. The molecule has 0 aromatic heterocycles. The van der Waals surface area contributed by atoms with Crippen molar-refractivity contribution in [3.8, 4) is 5.75 Å². The van der Waals surface area contributed by atoms with Crippen LogP contribution in [0.1, 0.15) is 16.7 Å². The van der Waals surface area contributed by atoms with E-state index in [0.29, 0.717) is 28.5 Å². The number of benzene rings is 2. The molecule has 0 unspecified atom stereocenters. The fourth-order valence-electron chi connectivity index (χ4n) is 2.61. The predicted octanol–water partition coefficient (Wildman–Crippen LogP) is 4.02. The van der Waals surface area contributed by atoms with Gasteiger partial charge in [0.25, 0.3) is 0 Å². The molecule has 130 valence electrons. The first kappa shape index (κ1) is 17.5. The van der Waals surface area contributed by atoms with Gasteiger partial charge in [0.1, 0.15) is 11.6 Å². The lowest BCUT2D eigenvalue weighted by Crippen LogP contribution is -2.25. The maximum Gasteiger partial charge on any atom is 0.246 e. The van der Waals surface area contributed by atoms with Crippen molar-refractivity contribution in [1.82, 2.24) is 4.90 Å². The van der Waals surface area contributed by atoms with Gasteiger partial charge in [-0.3, -0.25) is 4.79 Å². The first-order valence-corrected chi connectivity index (χ1v) is 8.12. The number of hydrogen-bond acceptors (Lipinski definition) is 3. The lowest BCUT2D eigenvalue weighted by Gasteiger charge is -2.23. The summed E-state index contributed by atoms with van der Waals surface area (Å²) in [5, 5.41) is 0.571. The molecule has 1 heterocycles. The van der Waals surface area contributed by atoms with Gasteiger partial charge in [-0.25, -0.2) is 4.39 Å². The van der Waals surface area contributed by atoms with Crippen LogP contribution in [-0.4, -0.2) is 24.6 Å². The zero-order valence-corrected chi connectivity index (χ0v) is 14.4. The van der Waals surface area contributed by atoms with Crippen molar-refractivity contribution in [3.63, 3.8) is 0 Å². The van der Waals surface area contributed by atoms with Gasteiger partial charge in [0.15, 0.2) is 6.79 Å². The molecule has 1 aliphatic heterocycles. The molecule has 0 saturated carbocycles. The molecule has 2 aromatic carbocycles. The van der Waals surface area contributed by atoms with Gasteiger partial charge >= 0.3 is 0 Å². The van der Waals surface area contributed by atoms with Gasteiger partial charge in [0.2, 0.25) is 5.91 Å². The van der Waals surface area contributed by atoms with Gasteiger partial charge in [0, 0.05) is 35.8 Å². The Morgan fingerprint density at radius 2 is 2.16 bits per heavy atom. The number of nitrogens with zero attached hydrogens (tertiary/aromatic N) is 1. The Kier molecular flexibility index (Phi) is 5.36. The third-order valence-corrected chi connectivity index (χ3v) is 4.19. The van der Waals surface area contributed by atoms with Gasteiger partial charge in [0.05, 0.1) is 6.61 Å². The summed E-state index contributed by atoms with van der Waals surface area (Å²) in [4.78, 5) is 13.8. The van der Waals surface area contributed by atoms with Gasteiger partial charge in [-0.15, -0.1) is 0 Å². The Labute approximate surface area is 150 Å². The van der Waals surface area contributed by atoms with E-state index in [-0.39, 0.29) is 25.1 Å². The lowest BCUT2D eigenvalue weighted by atomic mass is 10.1. The predicted molar refractivity (Wildman–Crippen MR) is 93.6 cm³/mol. The molecule has 0 saturated heterocycles. The second-order valence-corrected chi connectivity index (χ2v) is 6.12. The maximum atomic E-state index is 13.8. The Morgan fingerprint density at radius 1 is 1.36 bits per heavy atom. The number of amides is 1. The summed E-state index contributed by atoms with van der Waals surface area (Å²) in [6, 6.07) is 10.0. The second-order valence-electron chi connectivity index (χ2n) is 5.71. The molecule has 1 amide bonds. The Morgan fingerprint density at radius 3 is 2.96 bits per heavy atom. The highest BCUT2D eigenvalue weighted by Gasteiger charge is 2.19. The zero-order valence-electron chi connectivity index (χ0n) is 13.7. The van der Waals surface area contributed by atoms with E-state index in [2.05, 4.69) is 0 Å². The molecular weight excluding hydrogens is 345 g/mol. The normalized spacial score (nSPS) is 13.4. The summed E-state index contributed by atoms with van der Waals surface area (Å²) >= 11 is 6.07. The molecule has 0 fully saturated rings. The lowest BCUT2D eigenvalue weighted by molar-refractivity contribution is -0.125. The van der Waals surface area contributed by atoms with Crippen LogP contribution in [0.2, 0.25) is 5.02 Å². The summed E-state index contributed by atoms with van der Waals surface area (Å²) < 4.78 is 24.4. The number of ether oxygens (including phenoxy) is 2. The number of carbonyl (C=O) groups is 1. The molecule has 0 spiro atoms. The van der Waals surface area contributed by atoms with Crippen molar-refractivity contribution in [2.75, 3.05) is 13.8 Å². The molecular formula is C19H17ClFNO3. The molecule has 0 radical (unpaired) electrons. The Hall–Kier alpha value is -2.37. The highest BCUT2D eigenvalue weighted by Crippen LogP contribution is 2.30. The highest BCUT2D eigenvalue weighted by molar-refractivity contribution is 6.32. The van der Waals surface area contributed by atoms with Gasteiger partial charge < -0.3 is 14.4 Å². The largest absolute Gasteiger partial charge is 0.467 e. The molecule has 3 rings (SSSR count). The van der Waals surface area contributed by atoms with Crippen LogP contribution in [0.25, 0.3) is 6.08 Å². The molecule has 2 aromatic rings. The molecule has 6 heteroatoms. The third-order valence-electron chi connectivity index (χ3n) is 3.85. The van der Waals surface area contributed by atoms with Gasteiger partial charge in [-0.05, 0) is 29.8 Å². The van der Waals surface area contributed by atoms with Crippen molar-refractivity contribution in [2.45, 2.75) is 13.2 Å². The topological polar surface area (TPSA) is 38.8 Å². The number of hydrogen-bond donors (Lipinski definition) is 0. The summed E-state index contributed by atoms with van der Waals surface area (Å²) in [6.45, 7) is 0.644. The van der Waals surface area contributed by atoms with Crippen LogP contribution in [0.5, 0.6) is 5.75 Å². The minimum absolute atomic E-state index is 0.121. The fourth-order valence-corrected chi connectivity index (χ4v) is 2.80. The number of carbonyl (C=O) groups excluding carboxylic acids is 1. The maximum absolute atomic E-state index is 13.8. The SMILES string of the molecule is CN(Cc1cc(F)cc2c1OCOC2)C(=O)C=Cc1ccccc1Cl. The second kappa shape index (κ2) is 7.68. The van der Waals surface area contributed by atoms with Crippen LogP contribution >= 0.6 is 11.6 Å². The summed E-state index contributed by atoms with van der Waals surface area (Å²) in [7, 11) is 1.65. The van der Waals surface area contributed by atoms with E-state index in [1.807, 2.05) is 18.2 Å².